The molecule has 0 bridgehead atoms. The van der Waals surface area contributed by atoms with E-state index in [1.165, 1.54) is 4.90 Å². The molecule has 0 aliphatic heterocycles. The summed E-state index contributed by atoms with van der Waals surface area (Å²) < 4.78 is 5.75. The van der Waals surface area contributed by atoms with Gasteiger partial charge in [-0.2, -0.15) is 5.26 Å². The fourth-order valence-electron chi connectivity index (χ4n) is 3.22. The number of halogens is 1. The minimum atomic E-state index is -0.242. The Morgan fingerprint density at radius 2 is 2.00 bits per heavy atom. The van der Waals surface area contributed by atoms with E-state index in [0.29, 0.717) is 46.3 Å². The number of ether oxygens (including phenoxy) is 1. The van der Waals surface area contributed by atoms with Gasteiger partial charge in [-0.15, -0.1) is 0 Å². The number of aromatic nitrogens is 1. The van der Waals surface area contributed by atoms with Crippen molar-refractivity contribution in [2.24, 2.45) is 0 Å². The summed E-state index contributed by atoms with van der Waals surface area (Å²) in [5, 5.41) is 18.6. The van der Waals surface area contributed by atoms with Crippen LogP contribution in [0.1, 0.15) is 28.0 Å². The van der Waals surface area contributed by atoms with Crippen molar-refractivity contribution >= 4 is 23.2 Å². The molecule has 3 rings (SSSR count). The normalized spacial score (nSPS) is 10.4. The first-order chi connectivity index (χ1) is 15.0. The van der Waals surface area contributed by atoms with Gasteiger partial charge in [-0.25, -0.2) is 4.98 Å². The number of rotatable bonds is 7. The second kappa shape index (κ2) is 10.1. The first-order valence-electron chi connectivity index (χ1n) is 9.73. The van der Waals surface area contributed by atoms with Gasteiger partial charge in [-0.05, 0) is 54.4 Å². The highest BCUT2D eigenvalue weighted by atomic mass is 35.5. The van der Waals surface area contributed by atoms with E-state index in [9.17, 15) is 4.79 Å². The third-order valence-corrected chi connectivity index (χ3v) is 5.05. The topological polar surface area (TPSA) is 86.5 Å². The average Bonchev–Trinajstić information content (AvgIpc) is 2.78. The summed E-state index contributed by atoms with van der Waals surface area (Å²) in [6.07, 6.45) is 2.08. The van der Waals surface area contributed by atoms with Crippen molar-refractivity contribution in [3.05, 3.63) is 76.6 Å². The third kappa shape index (κ3) is 5.02. The van der Waals surface area contributed by atoms with Gasteiger partial charge in [-0.3, -0.25) is 4.79 Å². The van der Waals surface area contributed by atoms with E-state index >= 15 is 0 Å². The minimum absolute atomic E-state index is 0.0308. The number of carbonyl (C=O) groups excluding carboxylic acids is 1. The van der Waals surface area contributed by atoms with Crippen LogP contribution in [-0.2, 0) is 0 Å². The number of aryl methyl sites for hydroxylation is 1. The molecule has 1 N–H and O–H groups in total. The summed E-state index contributed by atoms with van der Waals surface area (Å²) in [5.74, 6) is 0.312. The maximum absolute atomic E-state index is 13.5. The van der Waals surface area contributed by atoms with Gasteiger partial charge in [-0.1, -0.05) is 23.7 Å². The number of benzene rings is 2. The van der Waals surface area contributed by atoms with Crippen LogP contribution >= 0.6 is 11.6 Å². The first kappa shape index (κ1) is 22.3. The van der Waals surface area contributed by atoms with Crippen LogP contribution < -0.4 is 9.64 Å². The molecule has 0 atom stereocenters. The monoisotopic (exact) mass is 435 g/mol. The molecule has 0 radical (unpaired) electrons. The third-order valence-electron chi connectivity index (χ3n) is 4.82. The van der Waals surface area contributed by atoms with E-state index in [4.69, 9.17) is 26.7 Å². The highest BCUT2D eigenvalue weighted by Gasteiger charge is 2.22. The molecule has 3 aromatic rings. The number of aliphatic hydroxyl groups excluding tert-OH is 1. The van der Waals surface area contributed by atoms with Crippen molar-refractivity contribution in [2.45, 2.75) is 13.3 Å². The van der Waals surface area contributed by atoms with Gasteiger partial charge in [0.05, 0.1) is 12.3 Å². The van der Waals surface area contributed by atoms with Gasteiger partial charge < -0.3 is 14.7 Å². The van der Waals surface area contributed by atoms with E-state index in [1.807, 2.05) is 25.1 Å². The summed E-state index contributed by atoms with van der Waals surface area (Å²) in [5.41, 5.74) is 3.55. The summed E-state index contributed by atoms with van der Waals surface area (Å²) in [4.78, 5) is 19.2. The molecule has 0 unspecified atom stereocenters. The summed E-state index contributed by atoms with van der Waals surface area (Å²) in [6.45, 7) is 2.24. The van der Waals surface area contributed by atoms with Crippen LogP contribution in [0.15, 0.2) is 54.7 Å². The molecule has 0 fully saturated rings. The lowest BCUT2D eigenvalue weighted by Gasteiger charge is -2.22. The Hall–Kier alpha value is -3.40. The van der Waals surface area contributed by atoms with Crippen molar-refractivity contribution in [3.63, 3.8) is 0 Å². The Bertz CT molecular complexity index is 1140. The van der Waals surface area contributed by atoms with Gasteiger partial charge in [0.2, 0.25) is 0 Å². The van der Waals surface area contributed by atoms with Gasteiger partial charge >= 0.3 is 0 Å². The van der Waals surface area contributed by atoms with E-state index < -0.39 is 0 Å². The van der Waals surface area contributed by atoms with E-state index in [-0.39, 0.29) is 12.5 Å². The van der Waals surface area contributed by atoms with Crippen LogP contribution in [0.4, 0.5) is 5.69 Å². The molecule has 0 saturated carbocycles. The van der Waals surface area contributed by atoms with Crippen LogP contribution in [-0.4, -0.2) is 36.3 Å². The fraction of sp³-hybridized carbons (Fsp3) is 0.208. The van der Waals surface area contributed by atoms with Crippen LogP contribution in [0.2, 0.25) is 5.02 Å². The number of carbonyl (C=O) groups is 1. The highest BCUT2D eigenvalue weighted by molar-refractivity contribution is 6.31. The zero-order valence-electron chi connectivity index (χ0n) is 17.3. The van der Waals surface area contributed by atoms with Crippen LogP contribution in [0.5, 0.6) is 5.75 Å². The number of pyridine rings is 1. The molecule has 0 spiro atoms. The van der Waals surface area contributed by atoms with Gasteiger partial charge in [0.15, 0.2) is 0 Å². The Kier molecular flexibility index (Phi) is 7.24. The molecule has 0 aliphatic carbocycles. The average molecular weight is 436 g/mol. The predicted octanol–water partition coefficient (Wildman–Crippen LogP) is 4.62. The lowest BCUT2D eigenvalue weighted by Crippen LogP contribution is -2.27. The van der Waals surface area contributed by atoms with Gasteiger partial charge in [0.25, 0.3) is 5.91 Å². The van der Waals surface area contributed by atoms with Crippen molar-refractivity contribution < 1.29 is 14.6 Å². The number of nitrogens with zero attached hydrogens (tertiary/aromatic N) is 3. The Morgan fingerprint density at radius 3 is 2.71 bits per heavy atom. The number of hydrogen-bond donors (Lipinski definition) is 1. The van der Waals surface area contributed by atoms with E-state index in [0.717, 1.165) is 11.1 Å². The first-order valence-corrected chi connectivity index (χ1v) is 10.1. The molecule has 0 saturated heterocycles. The Balaban J connectivity index is 2.01. The lowest BCUT2D eigenvalue weighted by atomic mass is 9.96. The van der Waals surface area contributed by atoms with Crippen molar-refractivity contribution in [2.75, 3.05) is 25.2 Å². The molecule has 1 amide bonds. The van der Waals surface area contributed by atoms with Crippen LogP contribution in [0, 0.1) is 18.3 Å². The standard InChI is InChI=1S/C24H22ClN3O3/c1-16-12-18(14-26)27-15-21(16)20-13-17(25)8-9-19(20)24(30)28(2)22-6-3-4-7-23(22)31-11-5-10-29/h3-4,6-9,12-13,15,29H,5,10-11H2,1-2H3. The predicted molar refractivity (Wildman–Crippen MR) is 121 cm³/mol. The second-order valence-electron chi connectivity index (χ2n) is 6.94. The lowest BCUT2D eigenvalue weighted by molar-refractivity contribution is 0.0992. The molecule has 158 valence electrons. The summed E-state index contributed by atoms with van der Waals surface area (Å²) in [6, 6.07) is 16.0. The zero-order valence-corrected chi connectivity index (χ0v) is 18.1. The smallest absolute Gasteiger partial charge is 0.258 e. The molecular weight excluding hydrogens is 414 g/mol. The zero-order chi connectivity index (χ0) is 22.4. The van der Waals surface area contributed by atoms with Crippen molar-refractivity contribution in [1.82, 2.24) is 4.98 Å². The van der Waals surface area contributed by atoms with Gasteiger partial charge in [0, 0.05) is 42.4 Å². The number of nitriles is 1. The van der Waals surface area contributed by atoms with Crippen LogP contribution in [0.3, 0.4) is 0 Å². The molecule has 2 aromatic carbocycles. The number of para-hydroxylation sites is 2. The Morgan fingerprint density at radius 1 is 1.23 bits per heavy atom. The maximum Gasteiger partial charge on any atom is 0.258 e. The number of amides is 1. The van der Waals surface area contributed by atoms with E-state index in [1.54, 1.807) is 49.6 Å². The molecular formula is C24H22ClN3O3. The van der Waals surface area contributed by atoms with Crippen molar-refractivity contribution in [1.29, 1.82) is 5.26 Å². The second-order valence-corrected chi connectivity index (χ2v) is 7.38. The van der Waals surface area contributed by atoms with Crippen LogP contribution in [0.25, 0.3) is 11.1 Å². The maximum atomic E-state index is 13.5. The SMILES string of the molecule is Cc1cc(C#N)ncc1-c1cc(Cl)ccc1C(=O)N(C)c1ccccc1OCCCO. The molecule has 1 aromatic heterocycles. The number of hydrogen-bond acceptors (Lipinski definition) is 5. The molecule has 7 heteroatoms. The molecule has 31 heavy (non-hydrogen) atoms. The number of anilines is 1. The van der Waals surface area contributed by atoms with Gasteiger partial charge in [0.1, 0.15) is 17.5 Å². The minimum Gasteiger partial charge on any atom is -0.491 e. The number of aliphatic hydroxyl groups is 1. The summed E-state index contributed by atoms with van der Waals surface area (Å²) >= 11 is 6.24. The summed E-state index contributed by atoms with van der Waals surface area (Å²) in [7, 11) is 1.68. The largest absolute Gasteiger partial charge is 0.491 e. The Labute approximate surface area is 186 Å². The quantitative estimate of drug-likeness (QED) is 0.547. The molecule has 6 nitrogen and oxygen atoms in total. The molecule has 0 aliphatic rings. The van der Waals surface area contributed by atoms with E-state index in [2.05, 4.69) is 4.98 Å². The highest BCUT2D eigenvalue weighted by Crippen LogP contribution is 2.33. The van der Waals surface area contributed by atoms with Crippen molar-refractivity contribution in [3.8, 4) is 22.9 Å². The molecule has 1 heterocycles. The fourth-order valence-corrected chi connectivity index (χ4v) is 3.39.